The Morgan fingerprint density at radius 2 is 2.00 bits per heavy atom. The van der Waals surface area contributed by atoms with Crippen LogP contribution < -0.4 is 15.4 Å². The molecule has 0 bridgehead atoms. The van der Waals surface area contributed by atoms with Gasteiger partial charge in [0, 0.05) is 10.4 Å². The van der Waals surface area contributed by atoms with Crippen molar-refractivity contribution in [1.29, 1.82) is 0 Å². The number of ether oxygens (including phenoxy) is 1. The first-order valence-corrected chi connectivity index (χ1v) is 9.26. The van der Waals surface area contributed by atoms with E-state index in [0.717, 1.165) is 15.6 Å². The molecule has 0 aliphatic carbocycles. The first-order valence-electron chi connectivity index (χ1n) is 8.44. The number of nitrogens with zero attached hydrogens (tertiary/aromatic N) is 1. The average molecular weight is 379 g/mol. The summed E-state index contributed by atoms with van der Waals surface area (Å²) in [6.45, 7) is 4.29. The van der Waals surface area contributed by atoms with E-state index in [0.29, 0.717) is 34.9 Å². The molecular formula is C20H17N3O3S. The van der Waals surface area contributed by atoms with E-state index in [1.807, 2.05) is 19.9 Å². The molecule has 0 spiro atoms. The molecule has 136 valence electrons. The molecule has 0 fully saturated rings. The number of thiazole rings is 1. The minimum absolute atomic E-state index is 0.223. The number of rotatable bonds is 3. The molecule has 1 aromatic heterocycles. The summed E-state index contributed by atoms with van der Waals surface area (Å²) >= 11 is 1.57. The molecule has 2 N–H and O–H groups in total. The molecule has 4 rings (SSSR count). The molecule has 2 aromatic carbocycles. The van der Waals surface area contributed by atoms with Crippen molar-refractivity contribution in [2.75, 3.05) is 5.32 Å². The molecule has 1 aliphatic heterocycles. The predicted octanol–water partition coefficient (Wildman–Crippen LogP) is 4.05. The van der Waals surface area contributed by atoms with Gasteiger partial charge in [0.2, 0.25) is 0 Å². The van der Waals surface area contributed by atoms with Gasteiger partial charge in [-0.15, -0.1) is 11.3 Å². The zero-order valence-electron chi connectivity index (χ0n) is 14.8. The number of anilines is 1. The lowest BCUT2D eigenvalue weighted by Gasteiger charge is -2.10. The molecule has 2 amide bonds. The monoisotopic (exact) mass is 379 g/mol. The van der Waals surface area contributed by atoms with Gasteiger partial charge in [0.1, 0.15) is 5.75 Å². The standard InChI is InChI=1S/C20H17N3O3S/c1-11-18(27-12(2)22-11)10-21-19(24)13-7-8-17-15(9-13)23-20(25)14-5-3-4-6-16(14)26-17/h3-9H,10H2,1-2H3,(H,21,24)(H,23,25). The van der Waals surface area contributed by atoms with Crippen LogP contribution in [0.1, 0.15) is 36.3 Å². The third-order valence-corrected chi connectivity index (χ3v) is 5.32. The maximum Gasteiger partial charge on any atom is 0.259 e. The number of hydrogen-bond donors (Lipinski definition) is 2. The second-order valence-corrected chi connectivity index (χ2v) is 7.48. The normalized spacial score (nSPS) is 12.3. The van der Waals surface area contributed by atoms with Gasteiger partial charge in [-0.25, -0.2) is 4.98 Å². The van der Waals surface area contributed by atoms with Gasteiger partial charge >= 0.3 is 0 Å². The molecule has 0 atom stereocenters. The van der Waals surface area contributed by atoms with Crippen LogP contribution in [0.3, 0.4) is 0 Å². The summed E-state index contributed by atoms with van der Waals surface area (Å²) in [5.74, 6) is 0.498. The number of nitrogens with one attached hydrogen (secondary N) is 2. The van der Waals surface area contributed by atoms with Crippen molar-refractivity contribution in [3.8, 4) is 11.5 Å². The van der Waals surface area contributed by atoms with Crippen LogP contribution in [0.2, 0.25) is 0 Å². The fourth-order valence-corrected chi connectivity index (χ4v) is 3.79. The highest BCUT2D eigenvalue weighted by atomic mass is 32.1. The molecular weight excluding hydrogens is 362 g/mol. The highest BCUT2D eigenvalue weighted by Gasteiger charge is 2.21. The minimum Gasteiger partial charge on any atom is -0.454 e. The molecule has 0 radical (unpaired) electrons. The van der Waals surface area contributed by atoms with Crippen LogP contribution in [-0.2, 0) is 6.54 Å². The van der Waals surface area contributed by atoms with Gasteiger partial charge < -0.3 is 15.4 Å². The average Bonchev–Trinajstić information content (AvgIpc) is 2.90. The first kappa shape index (κ1) is 17.2. The van der Waals surface area contributed by atoms with Crippen LogP contribution in [-0.4, -0.2) is 16.8 Å². The minimum atomic E-state index is -0.266. The summed E-state index contributed by atoms with van der Waals surface area (Å²) < 4.78 is 5.83. The van der Waals surface area contributed by atoms with Gasteiger partial charge in [-0.3, -0.25) is 9.59 Å². The van der Waals surface area contributed by atoms with Crippen molar-refractivity contribution < 1.29 is 14.3 Å². The maximum absolute atomic E-state index is 12.5. The Morgan fingerprint density at radius 1 is 1.19 bits per heavy atom. The number of benzene rings is 2. The SMILES string of the molecule is Cc1nc(C)c(CNC(=O)c2ccc3c(c2)NC(=O)c2ccccc2O3)s1. The van der Waals surface area contributed by atoms with E-state index in [-0.39, 0.29) is 11.8 Å². The van der Waals surface area contributed by atoms with Crippen molar-refractivity contribution in [1.82, 2.24) is 10.3 Å². The molecule has 2 heterocycles. The molecule has 1 aliphatic rings. The lowest BCUT2D eigenvalue weighted by atomic mass is 10.1. The largest absolute Gasteiger partial charge is 0.454 e. The Labute approximate surface area is 160 Å². The molecule has 3 aromatic rings. The predicted molar refractivity (Wildman–Crippen MR) is 104 cm³/mol. The van der Waals surface area contributed by atoms with Crippen LogP contribution in [0, 0.1) is 13.8 Å². The number of aromatic nitrogens is 1. The number of amides is 2. The smallest absolute Gasteiger partial charge is 0.259 e. The van der Waals surface area contributed by atoms with E-state index >= 15 is 0 Å². The van der Waals surface area contributed by atoms with Crippen molar-refractivity contribution in [3.05, 3.63) is 69.2 Å². The van der Waals surface area contributed by atoms with E-state index in [2.05, 4.69) is 15.6 Å². The lowest BCUT2D eigenvalue weighted by Crippen LogP contribution is -2.23. The third-order valence-electron chi connectivity index (χ3n) is 4.25. The third kappa shape index (κ3) is 3.41. The second kappa shape index (κ2) is 6.85. The van der Waals surface area contributed by atoms with Crippen molar-refractivity contribution >= 4 is 28.8 Å². The highest BCUT2D eigenvalue weighted by Crippen LogP contribution is 2.36. The van der Waals surface area contributed by atoms with Gasteiger partial charge in [0.05, 0.1) is 28.5 Å². The van der Waals surface area contributed by atoms with Crippen molar-refractivity contribution in [3.63, 3.8) is 0 Å². The summed E-state index contributed by atoms with van der Waals surface area (Å²) in [5.41, 5.74) is 2.30. The topological polar surface area (TPSA) is 80.3 Å². The molecule has 7 heteroatoms. The molecule has 0 saturated heterocycles. The van der Waals surface area contributed by atoms with Crippen LogP contribution in [0.5, 0.6) is 11.5 Å². The quantitative estimate of drug-likeness (QED) is 0.719. The number of carbonyl (C=O) groups excluding carboxylic acids is 2. The lowest BCUT2D eigenvalue weighted by molar-refractivity contribution is 0.0950. The van der Waals surface area contributed by atoms with Gasteiger partial charge in [-0.1, -0.05) is 12.1 Å². The Bertz CT molecular complexity index is 1060. The Balaban J connectivity index is 1.54. The zero-order valence-corrected chi connectivity index (χ0v) is 15.6. The number of para-hydroxylation sites is 1. The number of hydrogen-bond acceptors (Lipinski definition) is 5. The van der Waals surface area contributed by atoms with Crippen LogP contribution in [0.15, 0.2) is 42.5 Å². The Kier molecular flexibility index (Phi) is 4.37. The molecule has 0 saturated carbocycles. The van der Waals surface area contributed by atoms with Crippen molar-refractivity contribution in [2.45, 2.75) is 20.4 Å². The summed E-state index contributed by atoms with van der Waals surface area (Å²) in [6, 6.07) is 12.0. The molecule has 0 unspecified atom stereocenters. The summed E-state index contributed by atoms with van der Waals surface area (Å²) in [7, 11) is 0. The number of carbonyl (C=O) groups is 2. The molecule has 6 nitrogen and oxygen atoms in total. The van der Waals surface area contributed by atoms with Gasteiger partial charge in [0.15, 0.2) is 5.75 Å². The maximum atomic E-state index is 12.5. The van der Waals surface area contributed by atoms with Crippen LogP contribution in [0.4, 0.5) is 5.69 Å². The fourth-order valence-electron chi connectivity index (χ4n) is 2.91. The summed E-state index contributed by atoms with van der Waals surface area (Å²) in [5, 5.41) is 6.68. The van der Waals surface area contributed by atoms with E-state index in [1.165, 1.54) is 0 Å². The number of fused-ring (bicyclic) bond motifs is 2. The van der Waals surface area contributed by atoms with Gasteiger partial charge in [-0.2, -0.15) is 0 Å². The Morgan fingerprint density at radius 3 is 2.78 bits per heavy atom. The zero-order chi connectivity index (χ0) is 19.0. The highest BCUT2D eigenvalue weighted by molar-refractivity contribution is 7.11. The molecule has 27 heavy (non-hydrogen) atoms. The summed E-state index contributed by atoms with van der Waals surface area (Å²) in [6.07, 6.45) is 0. The second-order valence-electron chi connectivity index (χ2n) is 6.19. The first-order chi connectivity index (χ1) is 13.0. The van der Waals surface area contributed by atoms with Crippen LogP contribution >= 0.6 is 11.3 Å². The Hall–Kier alpha value is -3.19. The van der Waals surface area contributed by atoms with Crippen LogP contribution in [0.25, 0.3) is 0 Å². The number of aryl methyl sites for hydroxylation is 2. The fraction of sp³-hybridized carbons (Fsp3) is 0.150. The van der Waals surface area contributed by atoms with E-state index in [1.54, 1.807) is 47.7 Å². The van der Waals surface area contributed by atoms with Gasteiger partial charge in [-0.05, 0) is 44.2 Å². The van der Waals surface area contributed by atoms with E-state index in [4.69, 9.17) is 4.74 Å². The van der Waals surface area contributed by atoms with E-state index in [9.17, 15) is 9.59 Å². The van der Waals surface area contributed by atoms with E-state index < -0.39 is 0 Å². The van der Waals surface area contributed by atoms with Gasteiger partial charge in [0.25, 0.3) is 11.8 Å². The summed E-state index contributed by atoms with van der Waals surface area (Å²) in [4.78, 5) is 30.3. The van der Waals surface area contributed by atoms with Crippen molar-refractivity contribution in [2.24, 2.45) is 0 Å².